The van der Waals surface area contributed by atoms with Gasteiger partial charge in [0, 0.05) is 36.4 Å². The van der Waals surface area contributed by atoms with E-state index in [0.29, 0.717) is 60.3 Å². The van der Waals surface area contributed by atoms with E-state index in [1.807, 2.05) is 0 Å². The van der Waals surface area contributed by atoms with Crippen LogP contribution in [0, 0.1) is 0 Å². The number of carbonyl (C=O) groups excluding carboxylic acids is 1. The second-order valence-electron chi connectivity index (χ2n) is 7.89. The molecule has 0 spiro atoms. The molecule has 33 heavy (non-hydrogen) atoms. The molecule has 1 amide bonds. The van der Waals surface area contributed by atoms with E-state index in [0.717, 1.165) is 6.26 Å². The van der Waals surface area contributed by atoms with Crippen molar-refractivity contribution in [2.75, 3.05) is 33.6 Å². The van der Waals surface area contributed by atoms with Crippen LogP contribution in [0.4, 0.5) is 0 Å². The molecule has 0 N–H and O–H groups in total. The highest BCUT2D eigenvalue weighted by Crippen LogP contribution is 2.31. The van der Waals surface area contributed by atoms with E-state index in [1.165, 1.54) is 19.2 Å². The van der Waals surface area contributed by atoms with Crippen molar-refractivity contribution in [2.45, 2.75) is 23.7 Å². The minimum atomic E-state index is -3.33. The molecule has 2 aromatic carbocycles. The third-order valence-corrected chi connectivity index (χ3v) is 6.83. The molecule has 10 heteroatoms. The van der Waals surface area contributed by atoms with Crippen molar-refractivity contribution >= 4 is 15.7 Å². The van der Waals surface area contributed by atoms with Crippen LogP contribution >= 0.6 is 0 Å². The standard InChI is InChI=1S/C23H25N3O6S/c1-30-19-8-7-17(14-20(19)31-2)23(27)26-11-9-15(10-12-26)22-24-21(25-32-22)16-5-4-6-18(13-16)33(3,28)29/h4-8,13-15H,9-12H2,1-3H3. The zero-order chi connectivity index (χ0) is 23.6. The summed E-state index contributed by atoms with van der Waals surface area (Å²) in [5.74, 6) is 1.88. The van der Waals surface area contributed by atoms with E-state index in [-0.39, 0.29) is 16.7 Å². The maximum atomic E-state index is 12.9. The summed E-state index contributed by atoms with van der Waals surface area (Å²) in [6, 6.07) is 11.6. The molecule has 1 fully saturated rings. The molecule has 0 bridgehead atoms. The number of piperidine rings is 1. The second kappa shape index (κ2) is 9.22. The van der Waals surface area contributed by atoms with Crippen LogP contribution in [0.2, 0.25) is 0 Å². The number of sulfone groups is 1. The van der Waals surface area contributed by atoms with Gasteiger partial charge in [0.2, 0.25) is 11.7 Å². The number of rotatable bonds is 6. The number of carbonyl (C=O) groups is 1. The Labute approximate surface area is 192 Å². The fraction of sp³-hybridized carbons (Fsp3) is 0.348. The number of hydrogen-bond acceptors (Lipinski definition) is 8. The van der Waals surface area contributed by atoms with Gasteiger partial charge in [0.05, 0.1) is 19.1 Å². The molecule has 3 aromatic rings. The highest BCUT2D eigenvalue weighted by atomic mass is 32.2. The van der Waals surface area contributed by atoms with Crippen LogP contribution in [-0.4, -0.2) is 62.9 Å². The Balaban J connectivity index is 1.43. The van der Waals surface area contributed by atoms with Crippen molar-refractivity contribution in [1.29, 1.82) is 0 Å². The lowest BCUT2D eigenvalue weighted by Crippen LogP contribution is -2.38. The Morgan fingerprint density at radius 1 is 1.06 bits per heavy atom. The van der Waals surface area contributed by atoms with Crippen molar-refractivity contribution in [1.82, 2.24) is 15.0 Å². The summed E-state index contributed by atoms with van der Waals surface area (Å²) in [5, 5.41) is 4.03. The summed E-state index contributed by atoms with van der Waals surface area (Å²) in [5.41, 5.74) is 1.12. The van der Waals surface area contributed by atoms with Crippen LogP contribution in [-0.2, 0) is 9.84 Å². The van der Waals surface area contributed by atoms with Crippen molar-refractivity contribution in [3.63, 3.8) is 0 Å². The highest BCUT2D eigenvalue weighted by Gasteiger charge is 2.28. The van der Waals surface area contributed by atoms with Crippen molar-refractivity contribution in [3.8, 4) is 22.9 Å². The Hall–Kier alpha value is -3.40. The van der Waals surface area contributed by atoms with Gasteiger partial charge in [-0.15, -0.1) is 0 Å². The van der Waals surface area contributed by atoms with Crippen LogP contribution in [0.5, 0.6) is 11.5 Å². The largest absolute Gasteiger partial charge is 0.493 e. The van der Waals surface area contributed by atoms with E-state index < -0.39 is 9.84 Å². The molecule has 174 valence electrons. The predicted octanol–water partition coefficient (Wildman–Crippen LogP) is 3.18. The number of hydrogen-bond donors (Lipinski definition) is 0. The SMILES string of the molecule is COc1ccc(C(=O)N2CCC(c3nc(-c4cccc(S(C)(=O)=O)c4)no3)CC2)cc1OC. The molecule has 4 rings (SSSR count). The van der Waals surface area contributed by atoms with Gasteiger partial charge in [-0.1, -0.05) is 17.3 Å². The first-order valence-corrected chi connectivity index (χ1v) is 12.3. The van der Waals surface area contributed by atoms with E-state index in [1.54, 1.807) is 42.3 Å². The third-order valence-electron chi connectivity index (χ3n) is 5.72. The molecule has 1 aliphatic rings. The number of likely N-dealkylation sites (tertiary alicyclic amines) is 1. The predicted molar refractivity (Wildman–Crippen MR) is 120 cm³/mol. The van der Waals surface area contributed by atoms with E-state index in [9.17, 15) is 13.2 Å². The zero-order valence-electron chi connectivity index (χ0n) is 18.6. The second-order valence-corrected chi connectivity index (χ2v) is 9.91. The van der Waals surface area contributed by atoms with E-state index in [4.69, 9.17) is 14.0 Å². The summed E-state index contributed by atoms with van der Waals surface area (Å²) in [4.78, 5) is 19.4. The maximum absolute atomic E-state index is 12.9. The average Bonchev–Trinajstić information content (AvgIpc) is 3.33. The average molecular weight is 472 g/mol. The minimum Gasteiger partial charge on any atom is -0.493 e. The van der Waals surface area contributed by atoms with Crippen molar-refractivity contribution < 1.29 is 27.2 Å². The molecule has 1 saturated heterocycles. The van der Waals surface area contributed by atoms with Crippen LogP contribution < -0.4 is 9.47 Å². The lowest BCUT2D eigenvalue weighted by molar-refractivity contribution is 0.0704. The summed E-state index contributed by atoms with van der Waals surface area (Å²) in [6.45, 7) is 1.11. The first-order valence-electron chi connectivity index (χ1n) is 10.5. The number of ether oxygens (including phenoxy) is 2. The Morgan fingerprint density at radius 2 is 1.79 bits per heavy atom. The van der Waals surface area contributed by atoms with Gasteiger partial charge < -0.3 is 18.9 Å². The van der Waals surface area contributed by atoms with Crippen LogP contribution in [0.3, 0.4) is 0 Å². The number of benzene rings is 2. The fourth-order valence-electron chi connectivity index (χ4n) is 3.87. The molecule has 1 aromatic heterocycles. The fourth-order valence-corrected chi connectivity index (χ4v) is 4.53. The number of amides is 1. The van der Waals surface area contributed by atoms with Gasteiger partial charge in [0.1, 0.15) is 0 Å². The molecule has 0 atom stereocenters. The first kappa shape index (κ1) is 22.8. The Kier molecular flexibility index (Phi) is 6.37. The van der Waals surface area contributed by atoms with Crippen molar-refractivity contribution in [3.05, 3.63) is 53.9 Å². The summed E-state index contributed by atoms with van der Waals surface area (Å²) in [7, 11) is -0.245. The van der Waals surface area contributed by atoms with E-state index in [2.05, 4.69) is 10.1 Å². The molecule has 9 nitrogen and oxygen atoms in total. The van der Waals surface area contributed by atoms with Crippen LogP contribution in [0.1, 0.15) is 35.0 Å². The van der Waals surface area contributed by atoms with E-state index >= 15 is 0 Å². The minimum absolute atomic E-state index is 0.0267. The lowest BCUT2D eigenvalue weighted by atomic mass is 9.96. The van der Waals surface area contributed by atoms with Crippen molar-refractivity contribution in [2.24, 2.45) is 0 Å². The number of methoxy groups -OCH3 is 2. The molecular formula is C23H25N3O6S. The number of aromatic nitrogens is 2. The highest BCUT2D eigenvalue weighted by molar-refractivity contribution is 7.90. The molecule has 0 saturated carbocycles. The Bertz CT molecular complexity index is 1260. The number of nitrogens with zero attached hydrogens (tertiary/aromatic N) is 3. The monoisotopic (exact) mass is 471 g/mol. The van der Waals surface area contributed by atoms with Crippen LogP contribution in [0.15, 0.2) is 51.9 Å². The van der Waals surface area contributed by atoms with Gasteiger partial charge in [-0.05, 0) is 43.2 Å². The molecule has 0 radical (unpaired) electrons. The summed E-state index contributed by atoms with van der Waals surface area (Å²) >= 11 is 0. The topological polar surface area (TPSA) is 112 Å². The molecule has 0 unspecified atom stereocenters. The van der Waals surface area contributed by atoms with Gasteiger partial charge in [0.15, 0.2) is 21.3 Å². The zero-order valence-corrected chi connectivity index (χ0v) is 19.5. The summed E-state index contributed by atoms with van der Waals surface area (Å²) < 4.78 is 39.6. The molecular weight excluding hydrogens is 446 g/mol. The van der Waals surface area contributed by atoms with Gasteiger partial charge in [-0.2, -0.15) is 4.98 Å². The molecule has 0 aliphatic carbocycles. The van der Waals surface area contributed by atoms with Crippen LogP contribution in [0.25, 0.3) is 11.4 Å². The quantitative estimate of drug-likeness (QED) is 0.539. The third kappa shape index (κ3) is 4.85. The normalized spacial score (nSPS) is 14.8. The van der Waals surface area contributed by atoms with Gasteiger partial charge in [-0.3, -0.25) is 4.79 Å². The van der Waals surface area contributed by atoms with Gasteiger partial charge in [-0.25, -0.2) is 8.42 Å². The molecule has 2 heterocycles. The molecule has 1 aliphatic heterocycles. The summed E-state index contributed by atoms with van der Waals surface area (Å²) in [6.07, 6.45) is 2.53. The Morgan fingerprint density at radius 3 is 2.45 bits per heavy atom. The smallest absolute Gasteiger partial charge is 0.253 e. The van der Waals surface area contributed by atoms with Gasteiger partial charge in [0.25, 0.3) is 5.91 Å². The maximum Gasteiger partial charge on any atom is 0.253 e. The van der Waals surface area contributed by atoms with Gasteiger partial charge >= 0.3 is 0 Å². The lowest BCUT2D eigenvalue weighted by Gasteiger charge is -2.30. The first-order chi connectivity index (χ1) is 15.8.